The van der Waals surface area contributed by atoms with Gasteiger partial charge in [-0.25, -0.2) is 0 Å². The van der Waals surface area contributed by atoms with Crippen LogP contribution in [-0.4, -0.2) is 18.5 Å². The molecule has 1 atom stereocenters. The van der Waals surface area contributed by atoms with E-state index in [1.807, 2.05) is 13.8 Å². The van der Waals surface area contributed by atoms with Crippen molar-refractivity contribution in [2.75, 3.05) is 7.11 Å². The van der Waals surface area contributed by atoms with Crippen molar-refractivity contribution in [3.8, 4) is 0 Å². The van der Waals surface area contributed by atoms with Gasteiger partial charge in [0.25, 0.3) is 0 Å². The number of carbonyl (C=O) groups excluding carboxylic acids is 1. The highest BCUT2D eigenvalue weighted by atomic mass is 16.5. The molecule has 0 saturated carbocycles. The third kappa shape index (κ3) is 3.90. The first-order chi connectivity index (χ1) is 6.10. The van der Waals surface area contributed by atoms with E-state index in [9.17, 15) is 4.79 Å². The number of Topliss-reactive ketones (excluding diaryl/α,β-unsaturated/α-hetero) is 1. The fraction of sp³-hybridized carbons (Fsp3) is 0.909. The fourth-order valence-electron chi connectivity index (χ4n) is 1.44. The number of ether oxygens (including phenoxy) is 1. The summed E-state index contributed by atoms with van der Waals surface area (Å²) >= 11 is 0. The van der Waals surface area contributed by atoms with Crippen LogP contribution in [0, 0.1) is 0 Å². The molecule has 0 N–H and O–H groups in total. The molecule has 0 aliphatic heterocycles. The van der Waals surface area contributed by atoms with E-state index in [1.165, 1.54) is 12.8 Å². The Morgan fingerprint density at radius 3 is 2.31 bits per heavy atom. The maximum Gasteiger partial charge on any atom is 0.164 e. The normalized spacial score (nSPS) is 15.4. The molecule has 0 aliphatic rings. The monoisotopic (exact) mass is 186 g/mol. The van der Waals surface area contributed by atoms with Gasteiger partial charge in [0.2, 0.25) is 0 Å². The largest absolute Gasteiger partial charge is 0.371 e. The molecule has 13 heavy (non-hydrogen) atoms. The molecule has 2 nitrogen and oxygen atoms in total. The van der Waals surface area contributed by atoms with Gasteiger partial charge in [0.05, 0.1) is 0 Å². The van der Waals surface area contributed by atoms with Crippen molar-refractivity contribution >= 4 is 5.78 Å². The van der Waals surface area contributed by atoms with Gasteiger partial charge in [0.1, 0.15) is 5.60 Å². The molecule has 0 saturated heterocycles. The molecule has 0 aromatic heterocycles. The van der Waals surface area contributed by atoms with Gasteiger partial charge in [0, 0.05) is 13.5 Å². The molecule has 0 amide bonds. The molecule has 0 fully saturated rings. The number of hydrogen-bond donors (Lipinski definition) is 0. The Bertz CT molecular complexity index is 154. The Balaban J connectivity index is 4.03. The van der Waals surface area contributed by atoms with Crippen LogP contribution in [0.2, 0.25) is 0 Å². The lowest BCUT2D eigenvalue weighted by molar-refractivity contribution is -0.139. The van der Waals surface area contributed by atoms with Gasteiger partial charge >= 0.3 is 0 Å². The maximum absolute atomic E-state index is 11.5. The molecule has 0 rings (SSSR count). The minimum absolute atomic E-state index is 0.214. The summed E-state index contributed by atoms with van der Waals surface area (Å²) in [5, 5.41) is 0. The van der Waals surface area contributed by atoms with Crippen LogP contribution in [0.15, 0.2) is 0 Å². The van der Waals surface area contributed by atoms with Crippen LogP contribution in [0.1, 0.15) is 52.9 Å². The molecule has 0 bridgehead atoms. The Morgan fingerprint density at radius 1 is 1.31 bits per heavy atom. The van der Waals surface area contributed by atoms with Gasteiger partial charge < -0.3 is 4.74 Å². The average molecular weight is 186 g/mol. The van der Waals surface area contributed by atoms with E-state index in [0.29, 0.717) is 6.42 Å². The van der Waals surface area contributed by atoms with Crippen molar-refractivity contribution < 1.29 is 9.53 Å². The Morgan fingerprint density at radius 2 is 1.92 bits per heavy atom. The zero-order valence-electron chi connectivity index (χ0n) is 9.35. The summed E-state index contributed by atoms with van der Waals surface area (Å²) in [6.45, 7) is 5.94. The zero-order valence-corrected chi connectivity index (χ0v) is 9.35. The van der Waals surface area contributed by atoms with E-state index in [1.54, 1.807) is 7.11 Å². The topological polar surface area (TPSA) is 26.3 Å². The van der Waals surface area contributed by atoms with Crippen molar-refractivity contribution in [1.82, 2.24) is 0 Å². The van der Waals surface area contributed by atoms with Crippen LogP contribution in [0.5, 0.6) is 0 Å². The highest BCUT2D eigenvalue weighted by molar-refractivity contribution is 5.86. The first-order valence-electron chi connectivity index (χ1n) is 5.19. The van der Waals surface area contributed by atoms with E-state index < -0.39 is 5.60 Å². The molecule has 0 spiro atoms. The summed E-state index contributed by atoms with van der Waals surface area (Å²) in [5.41, 5.74) is -0.538. The van der Waals surface area contributed by atoms with Crippen molar-refractivity contribution in [2.45, 2.75) is 58.5 Å². The van der Waals surface area contributed by atoms with E-state index in [4.69, 9.17) is 4.74 Å². The average Bonchev–Trinajstić information content (AvgIpc) is 2.16. The second-order valence-electron chi connectivity index (χ2n) is 3.67. The van der Waals surface area contributed by atoms with Gasteiger partial charge in [-0.05, 0) is 13.3 Å². The molecular weight excluding hydrogens is 164 g/mol. The lowest BCUT2D eigenvalue weighted by atomic mass is 9.92. The zero-order chi connectivity index (χ0) is 10.3. The second kappa shape index (κ2) is 6.14. The highest BCUT2D eigenvalue weighted by Crippen LogP contribution is 2.21. The number of ketones is 1. The molecule has 0 aromatic carbocycles. The van der Waals surface area contributed by atoms with Crippen LogP contribution in [0.4, 0.5) is 0 Å². The fourth-order valence-corrected chi connectivity index (χ4v) is 1.44. The van der Waals surface area contributed by atoms with E-state index in [0.717, 1.165) is 12.8 Å². The van der Waals surface area contributed by atoms with E-state index in [2.05, 4.69) is 6.92 Å². The summed E-state index contributed by atoms with van der Waals surface area (Å²) in [7, 11) is 1.62. The predicted molar refractivity (Wildman–Crippen MR) is 54.9 cm³/mol. The first-order valence-corrected chi connectivity index (χ1v) is 5.19. The summed E-state index contributed by atoms with van der Waals surface area (Å²) in [4.78, 5) is 11.5. The van der Waals surface area contributed by atoms with E-state index in [-0.39, 0.29) is 5.78 Å². The van der Waals surface area contributed by atoms with E-state index >= 15 is 0 Å². The van der Waals surface area contributed by atoms with Crippen molar-refractivity contribution in [3.05, 3.63) is 0 Å². The predicted octanol–water partition coefficient (Wildman–Crippen LogP) is 2.95. The molecule has 0 aromatic rings. The smallest absolute Gasteiger partial charge is 0.164 e. The summed E-state index contributed by atoms with van der Waals surface area (Å²) < 4.78 is 5.29. The van der Waals surface area contributed by atoms with Gasteiger partial charge in [0.15, 0.2) is 5.78 Å². The van der Waals surface area contributed by atoms with Crippen molar-refractivity contribution in [2.24, 2.45) is 0 Å². The quantitative estimate of drug-likeness (QED) is 0.571. The molecule has 2 heteroatoms. The highest BCUT2D eigenvalue weighted by Gasteiger charge is 2.30. The minimum Gasteiger partial charge on any atom is -0.371 e. The van der Waals surface area contributed by atoms with Crippen LogP contribution in [0.3, 0.4) is 0 Å². The standard InChI is InChI=1S/C11H22O2/c1-5-7-8-9-11(3,13-4)10(12)6-2/h5-9H2,1-4H3. The maximum atomic E-state index is 11.5. The molecule has 0 heterocycles. The SMILES string of the molecule is CCCCCC(C)(OC)C(=O)CC. The lowest BCUT2D eigenvalue weighted by Gasteiger charge is -2.26. The van der Waals surface area contributed by atoms with Crippen LogP contribution in [-0.2, 0) is 9.53 Å². The second-order valence-corrected chi connectivity index (χ2v) is 3.67. The lowest BCUT2D eigenvalue weighted by Crippen LogP contribution is -2.36. The Hall–Kier alpha value is -0.370. The van der Waals surface area contributed by atoms with Gasteiger partial charge in [-0.2, -0.15) is 0 Å². The van der Waals surface area contributed by atoms with Crippen LogP contribution >= 0.6 is 0 Å². The van der Waals surface area contributed by atoms with Crippen molar-refractivity contribution in [3.63, 3.8) is 0 Å². The summed E-state index contributed by atoms with van der Waals surface area (Å²) in [6, 6.07) is 0. The first kappa shape index (κ1) is 12.6. The number of carbonyl (C=O) groups is 1. The number of rotatable bonds is 7. The molecule has 1 unspecified atom stereocenters. The number of methoxy groups -OCH3 is 1. The minimum atomic E-state index is -0.538. The molecule has 78 valence electrons. The molecular formula is C11H22O2. The number of hydrogen-bond acceptors (Lipinski definition) is 2. The molecule has 0 aliphatic carbocycles. The summed E-state index contributed by atoms with van der Waals surface area (Å²) in [6.07, 6.45) is 4.85. The number of unbranched alkanes of at least 4 members (excludes halogenated alkanes) is 2. The van der Waals surface area contributed by atoms with Gasteiger partial charge in [-0.3, -0.25) is 4.79 Å². The van der Waals surface area contributed by atoms with Gasteiger partial charge in [-0.15, -0.1) is 0 Å². The van der Waals surface area contributed by atoms with Crippen LogP contribution in [0.25, 0.3) is 0 Å². The van der Waals surface area contributed by atoms with Crippen molar-refractivity contribution in [1.29, 1.82) is 0 Å². The Labute approximate surface area is 81.7 Å². The van der Waals surface area contributed by atoms with Crippen LogP contribution < -0.4 is 0 Å². The van der Waals surface area contributed by atoms with Gasteiger partial charge in [-0.1, -0.05) is 33.1 Å². The third-order valence-electron chi connectivity index (χ3n) is 2.62. The Kier molecular flexibility index (Phi) is 5.97. The third-order valence-corrected chi connectivity index (χ3v) is 2.62. The summed E-state index contributed by atoms with van der Waals surface area (Å²) in [5.74, 6) is 0.214. The molecule has 0 radical (unpaired) electrons.